The van der Waals surface area contributed by atoms with Crippen LogP contribution in [0.4, 0.5) is 19.5 Å². The molecule has 21 heavy (non-hydrogen) atoms. The van der Waals surface area contributed by atoms with Crippen LogP contribution in [0.25, 0.3) is 0 Å². The molecule has 0 radical (unpaired) electrons. The second-order valence-electron chi connectivity index (χ2n) is 4.62. The first-order valence-electron chi connectivity index (χ1n) is 6.24. The van der Waals surface area contributed by atoms with Crippen LogP contribution < -0.4 is 10.6 Å². The first-order chi connectivity index (χ1) is 9.86. The van der Waals surface area contributed by atoms with E-state index in [9.17, 15) is 13.6 Å². The third-order valence-corrected chi connectivity index (χ3v) is 2.92. The normalized spacial score (nSPS) is 10.5. The smallest absolute Gasteiger partial charge is 0.321 e. The fraction of sp³-hybridized carbons (Fsp3) is 0.308. The number of benzene rings is 1. The fourth-order valence-corrected chi connectivity index (χ4v) is 1.73. The summed E-state index contributed by atoms with van der Waals surface area (Å²) in [5.74, 6) is -0.641. The van der Waals surface area contributed by atoms with Crippen molar-refractivity contribution in [1.82, 2.24) is 20.1 Å². The first-order valence-corrected chi connectivity index (χ1v) is 6.24. The summed E-state index contributed by atoms with van der Waals surface area (Å²) in [6, 6.07) is 1.78. The van der Waals surface area contributed by atoms with Crippen LogP contribution >= 0.6 is 0 Å². The maximum Gasteiger partial charge on any atom is 0.321 e. The fourth-order valence-electron chi connectivity index (χ4n) is 1.73. The number of nitrogens with zero attached hydrogens (tertiary/aromatic N) is 3. The summed E-state index contributed by atoms with van der Waals surface area (Å²) in [4.78, 5) is 15.6. The second-order valence-corrected chi connectivity index (χ2v) is 4.62. The van der Waals surface area contributed by atoms with Crippen LogP contribution in [0.2, 0.25) is 0 Å². The number of halogens is 2. The lowest BCUT2D eigenvalue weighted by Gasteiger charge is -2.08. The Labute approximate surface area is 120 Å². The lowest BCUT2D eigenvalue weighted by atomic mass is 10.1. The van der Waals surface area contributed by atoms with Crippen molar-refractivity contribution in [3.63, 3.8) is 0 Å². The topological polar surface area (TPSA) is 71.8 Å². The minimum absolute atomic E-state index is 0.123. The number of aryl methyl sites for hydroxylation is 3. The number of nitrogens with one attached hydrogen (secondary N) is 2. The van der Waals surface area contributed by atoms with Gasteiger partial charge in [0.2, 0.25) is 5.95 Å². The Kier molecular flexibility index (Phi) is 4.15. The lowest BCUT2D eigenvalue weighted by molar-refractivity contribution is 0.251. The quantitative estimate of drug-likeness (QED) is 0.910. The molecule has 2 amide bonds. The van der Waals surface area contributed by atoms with Crippen molar-refractivity contribution >= 4 is 12.0 Å². The maximum atomic E-state index is 13.6. The number of rotatable bonds is 3. The highest BCUT2D eigenvalue weighted by Crippen LogP contribution is 2.14. The summed E-state index contributed by atoms with van der Waals surface area (Å²) in [6.45, 7) is 3.05. The van der Waals surface area contributed by atoms with Gasteiger partial charge in [-0.3, -0.25) is 10.00 Å². The van der Waals surface area contributed by atoms with E-state index in [-0.39, 0.29) is 18.1 Å². The molecule has 112 valence electrons. The summed E-state index contributed by atoms with van der Waals surface area (Å²) < 4.78 is 28.7. The Bertz CT molecular complexity index is 641. The maximum absolute atomic E-state index is 13.6. The van der Waals surface area contributed by atoms with Gasteiger partial charge >= 0.3 is 6.03 Å². The predicted octanol–water partition coefficient (Wildman–Crippen LogP) is 2.03. The van der Waals surface area contributed by atoms with Crippen LogP contribution in [0, 0.1) is 25.5 Å². The molecule has 1 heterocycles. The highest BCUT2D eigenvalue weighted by Gasteiger charge is 2.12. The van der Waals surface area contributed by atoms with Crippen molar-refractivity contribution in [2.45, 2.75) is 20.4 Å². The van der Waals surface area contributed by atoms with Gasteiger partial charge in [-0.05, 0) is 31.5 Å². The Morgan fingerprint density at radius 2 is 1.90 bits per heavy atom. The number of carbonyl (C=O) groups is 1. The van der Waals surface area contributed by atoms with Crippen LogP contribution in [-0.4, -0.2) is 20.8 Å². The van der Waals surface area contributed by atoms with Crippen LogP contribution in [-0.2, 0) is 13.6 Å². The van der Waals surface area contributed by atoms with E-state index < -0.39 is 17.7 Å². The zero-order valence-electron chi connectivity index (χ0n) is 11.9. The molecule has 0 atom stereocenters. The van der Waals surface area contributed by atoms with Gasteiger partial charge in [-0.25, -0.2) is 13.6 Å². The molecular weight excluding hydrogens is 280 g/mol. The SMILES string of the molecule is Cc1cc(F)c(CNC(=O)Nc2nc(C)n(C)n2)c(F)c1. The van der Waals surface area contributed by atoms with E-state index in [1.54, 1.807) is 20.9 Å². The van der Waals surface area contributed by atoms with Crippen LogP contribution in [0.3, 0.4) is 0 Å². The molecule has 0 spiro atoms. The molecule has 2 rings (SSSR count). The van der Waals surface area contributed by atoms with Gasteiger partial charge in [0.1, 0.15) is 17.5 Å². The van der Waals surface area contributed by atoms with Crippen molar-refractivity contribution in [2.24, 2.45) is 7.05 Å². The molecule has 0 saturated heterocycles. The third kappa shape index (κ3) is 3.53. The molecule has 6 nitrogen and oxygen atoms in total. The van der Waals surface area contributed by atoms with Crippen molar-refractivity contribution in [1.29, 1.82) is 0 Å². The van der Waals surface area contributed by atoms with Gasteiger partial charge in [0, 0.05) is 12.6 Å². The summed E-state index contributed by atoms with van der Waals surface area (Å²) >= 11 is 0. The highest BCUT2D eigenvalue weighted by molar-refractivity contribution is 5.87. The monoisotopic (exact) mass is 295 g/mol. The molecule has 0 unspecified atom stereocenters. The van der Waals surface area contributed by atoms with Gasteiger partial charge in [0.05, 0.1) is 6.54 Å². The van der Waals surface area contributed by atoms with Crippen LogP contribution in [0.1, 0.15) is 17.0 Å². The molecule has 0 aliphatic heterocycles. The van der Waals surface area contributed by atoms with E-state index in [0.717, 1.165) is 0 Å². The van der Waals surface area contributed by atoms with E-state index in [0.29, 0.717) is 11.4 Å². The molecule has 0 bridgehead atoms. The Hall–Kier alpha value is -2.51. The molecule has 2 aromatic rings. The van der Waals surface area contributed by atoms with Crippen molar-refractivity contribution < 1.29 is 13.6 Å². The van der Waals surface area contributed by atoms with E-state index >= 15 is 0 Å². The average Bonchev–Trinajstić information content (AvgIpc) is 2.66. The van der Waals surface area contributed by atoms with Crippen molar-refractivity contribution in [2.75, 3.05) is 5.32 Å². The zero-order chi connectivity index (χ0) is 15.6. The minimum atomic E-state index is -0.695. The Balaban J connectivity index is 1.98. The standard InChI is InChI=1S/C13H15F2N5O/c1-7-4-10(14)9(11(15)5-7)6-16-13(21)18-12-17-8(2)20(3)19-12/h4-5H,6H2,1-3H3,(H2,16,18,19,21). The molecule has 0 aliphatic carbocycles. The van der Waals surface area contributed by atoms with Crippen molar-refractivity contribution in [3.05, 3.63) is 40.7 Å². The number of urea groups is 1. The number of hydrogen-bond acceptors (Lipinski definition) is 3. The third-order valence-electron chi connectivity index (χ3n) is 2.92. The molecule has 0 aliphatic rings. The van der Waals surface area contributed by atoms with Gasteiger partial charge in [-0.1, -0.05) is 0 Å². The molecule has 8 heteroatoms. The molecule has 2 N–H and O–H groups in total. The van der Waals surface area contributed by atoms with Gasteiger partial charge in [0.15, 0.2) is 0 Å². The van der Waals surface area contributed by atoms with E-state index in [2.05, 4.69) is 20.7 Å². The first kappa shape index (κ1) is 14.9. The number of anilines is 1. The average molecular weight is 295 g/mol. The van der Waals surface area contributed by atoms with Gasteiger partial charge in [-0.15, -0.1) is 5.10 Å². The Morgan fingerprint density at radius 3 is 2.43 bits per heavy atom. The van der Waals surface area contributed by atoms with Crippen LogP contribution in [0.5, 0.6) is 0 Å². The summed E-state index contributed by atoms with van der Waals surface area (Å²) in [7, 11) is 1.68. The summed E-state index contributed by atoms with van der Waals surface area (Å²) in [5.41, 5.74) is 0.285. The molecule has 1 aromatic heterocycles. The summed E-state index contributed by atoms with van der Waals surface area (Å²) in [5, 5.41) is 8.68. The second kappa shape index (κ2) is 5.86. The molecule has 0 fully saturated rings. The van der Waals surface area contributed by atoms with Gasteiger partial charge in [-0.2, -0.15) is 4.98 Å². The summed E-state index contributed by atoms with van der Waals surface area (Å²) in [6.07, 6.45) is 0. The molecular formula is C13H15F2N5O. The number of amides is 2. The number of hydrogen-bond donors (Lipinski definition) is 2. The van der Waals surface area contributed by atoms with Crippen LogP contribution in [0.15, 0.2) is 12.1 Å². The largest absolute Gasteiger partial charge is 0.333 e. The van der Waals surface area contributed by atoms with Gasteiger partial charge in [0.25, 0.3) is 0 Å². The Morgan fingerprint density at radius 1 is 1.29 bits per heavy atom. The molecule has 1 aromatic carbocycles. The minimum Gasteiger partial charge on any atom is -0.333 e. The zero-order valence-corrected chi connectivity index (χ0v) is 11.9. The number of aromatic nitrogens is 3. The van der Waals surface area contributed by atoms with Crippen molar-refractivity contribution in [3.8, 4) is 0 Å². The molecule has 0 saturated carbocycles. The van der Waals surface area contributed by atoms with E-state index in [4.69, 9.17) is 0 Å². The van der Waals surface area contributed by atoms with Gasteiger partial charge < -0.3 is 5.32 Å². The van der Waals surface area contributed by atoms with E-state index in [1.165, 1.54) is 16.8 Å². The lowest BCUT2D eigenvalue weighted by Crippen LogP contribution is -2.29. The highest BCUT2D eigenvalue weighted by atomic mass is 19.1. The van der Waals surface area contributed by atoms with E-state index in [1.807, 2.05) is 0 Å². The number of carbonyl (C=O) groups excluding carboxylic acids is 1. The predicted molar refractivity (Wildman–Crippen MR) is 72.7 cm³/mol.